The Labute approximate surface area is 96.2 Å². The first-order valence-corrected chi connectivity index (χ1v) is 4.84. The van der Waals surface area contributed by atoms with Crippen LogP contribution in [0.3, 0.4) is 0 Å². The second kappa shape index (κ2) is 4.17. The van der Waals surface area contributed by atoms with Crippen molar-refractivity contribution in [1.29, 1.82) is 5.26 Å². The van der Waals surface area contributed by atoms with Gasteiger partial charge in [0.15, 0.2) is 0 Å². The summed E-state index contributed by atoms with van der Waals surface area (Å²) in [6.07, 6.45) is 1.27. The van der Waals surface area contributed by atoms with Crippen molar-refractivity contribution in [2.75, 3.05) is 0 Å². The third-order valence-corrected chi connectivity index (χ3v) is 2.33. The number of halogens is 1. The minimum atomic E-state index is -0.442. The predicted molar refractivity (Wildman–Crippen MR) is 60.0 cm³/mol. The van der Waals surface area contributed by atoms with Gasteiger partial charge in [0.25, 0.3) is 5.56 Å². The Morgan fingerprint density at radius 3 is 2.62 bits per heavy atom. The zero-order valence-electron chi connectivity index (χ0n) is 8.07. The maximum atomic E-state index is 11.4. The second-order valence-corrected chi connectivity index (χ2v) is 3.51. The number of rotatable bonds is 1. The molecule has 16 heavy (non-hydrogen) atoms. The standard InChI is InChI=1S/C11H6ClN3O/c12-8-3-1-7(2-4-8)10-9(5-13)11(16)15-6-14-10/h1-4,6H,(H,14,15,16). The van der Waals surface area contributed by atoms with Crippen molar-refractivity contribution in [3.63, 3.8) is 0 Å². The summed E-state index contributed by atoms with van der Waals surface area (Å²) < 4.78 is 0. The van der Waals surface area contributed by atoms with E-state index in [0.29, 0.717) is 16.3 Å². The molecule has 0 bridgehead atoms. The third-order valence-electron chi connectivity index (χ3n) is 2.08. The van der Waals surface area contributed by atoms with Crippen LogP contribution in [0.2, 0.25) is 5.02 Å². The van der Waals surface area contributed by atoms with Gasteiger partial charge in [-0.15, -0.1) is 0 Å². The van der Waals surface area contributed by atoms with Crippen molar-refractivity contribution < 1.29 is 0 Å². The van der Waals surface area contributed by atoms with Crippen LogP contribution in [0.1, 0.15) is 5.56 Å². The first-order chi connectivity index (χ1) is 7.72. The smallest absolute Gasteiger partial charge is 0.269 e. The number of nitrogens with zero attached hydrogens (tertiary/aromatic N) is 2. The molecule has 0 unspecified atom stereocenters. The van der Waals surface area contributed by atoms with Crippen LogP contribution in [0.4, 0.5) is 0 Å². The molecule has 1 heterocycles. The van der Waals surface area contributed by atoms with Crippen LogP contribution in [0.15, 0.2) is 35.4 Å². The number of nitrogens with one attached hydrogen (secondary N) is 1. The van der Waals surface area contributed by atoms with Gasteiger partial charge in [-0.1, -0.05) is 23.7 Å². The van der Waals surface area contributed by atoms with Crippen molar-refractivity contribution in [3.8, 4) is 17.3 Å². The van der Waals surface area contributed by atoms with Gasteiger partial charge in [0, 0.05) is 10.6 Å². The quantitative estimate of drug-likeness (QED) is 0.816. The highest BCUT2D eigenvalue weighted by atomic mass is 35.5. The largest absolute Gasteiger partial charge is 0.312 e. The molecule has 0 aliphatic rings. The topological polar surface area (TPSA) is 69.5 Å². The fourth-order valence-corrected chi connectivity index (χ4v) is 1.46. The van der Waals surface area contributed by atoms with Gasteiger partial charge in [0.05, 0.1) is 12.0 Å². The van der Waals surface area contributed by atoms with Crippen molar-refractivity contribution in [3.05, 3.63) is 51.5 Å². The van der Waals surface area contributed by atoms with Gasteiger partial charge < -0.3 is 4.98 Å². The molecule has 1 N–H and O–H groups in total. The summed E-state index contributed by atoms with van der Waals surface area (Å²) >= 11 is 5.75. The Kier molecular flexibility index (Phi) is 2.71. The molecule has 0 atom stereocenters. The van der Waals surface area contributed by atoms with Crippen LogP contribution >= 0.6 is 11.6 Å². The number of hydrogen-bond donors (Lipinski definition) is 1. The van der Waals surface area contributed by atoms with Gasteiger partial charge in [-0.05, 0) is 12.1 Å². The highest BCUT2D eigenvalue weighted by molar-refractivity contribution is 6.30. The maximum Gasteiger partial charge on any atom is 0.269 e. The number of aromatic nitrogens is 2. The summed E-state index contributed by atoms with van der Waals surface area (Å²) in [6, 6.07) is 8.63. The van der Waals surface area contributed by atoms with Gasteiger partial charge in [-0.3, -0.25) is 4.79 Å². The minimum absolute atomic E-state index is 0.00447. The lowest BCUT2D eigenvalue weighted by Crippen LogP contribution is -2.12. The van der Waals surface area contributed by atoms with E-state index in [-0.39, 0.29) is 5.56 Å². The van der Waals surface area contributed by atoms with E-state index in [0.717, 1.165) is 0 Å². The molecule has 0 aliphatic carbocycles. The molecule has 0 aliphatic heterocycles. The molecular formula is C11H6ClN3O. The van der Waals surface area contributed by atoms with E-state index in [2.05, 4.69) is 9.97 Å². The van der Waals surface area contributed by atoms with E-state index in [1.165, 1.54) is 6.33 Å². The number of hydrogen-bond acceptors (Lipinski definition) is 3. The Balaban J connectivity index is 2.66. The zero-order valence-corrected chi connectivity index (χ0v) is 8.82. The van der Waals surface area contributed by atoms with Crippen LogP contribution in [-0.4, -0.2) is 9.97 Å². The number of H-pyrrole nitrogens is 1. The van der Waals surface area contributed by atoms with Crippen LogP contribution in [0.25, 0.3) is 11.3 Å². The average molecular weight is 232 g/mol. The normalized spacial score (nSPS) is 9.75. The van der Waals surface area contributed by atoms with Crippen LogP contribution < -0.4 is 5.56 Å². The molecule has 1 aromatic heterocycles. The molecule has 0 fully saturated rings. The van der Waals surface area contributed by atoms with E-state index in [4.69, 9.17) is 16.9 Å². The van der Waals surface area contributed by atoms with Crippen LogP contribution in [0, 0.1) is 11.3 Å². The van der Waals surface area contributed by atoms with Gasteiger partial charge in [-0.2, -0.15) is 5.26 Å². The fraction of sp³-hybridized carbons (Fsp3) is 0. The van der Waals surface area contributed by atoms with Gasteiger partial charge in [0.1, 0.15) is 11.6 Å². The molecule has 78 valence electrons. The zero-order chi connectivity index (χ0) is 11.5. The average Bonchev–Trinajstić information content (AvgIpc) is 2.30. The lowest BCUT2D eigenvalue weighted by atomic mass is 10.1. The summed E-state index contributed by atoms with van der Waals surface area (Å²) in [7, 11) is 0. The first-order valence-electron chi connectivity index (χ1n) is 4.46. The summed E-state index contributed by atoms with van der Waals surface area (Å²) in [5.41, 5.74) is 0.613. The molecule has 2 aromatic rings. The molecule has 0 radical (unpaired) electrons. The van der Waals surface area contributed by atoms with Crippen molar-refractivity contribution in [2.24, 2.45) is 0 Å². The molecule has 0 saturated carbocycles. The molecule has 0 amide bonds. The lowest BCUT2D eigenvalue weighted by molar-refractivity contribution is 1.11. The molecule has 0 saturated heterocycles. The third kappa shape index (κ3) is 1.81. The highest BCUT2D eigenvalue weighted by Gasteiger charge is 2.09. The molecule has 2 rings (SSSR count). The molecular weight excluding hydrogens is 226 g/mol. The maximum absolute atomic E-state index is 11.4. The monoisotopic (exact) mass is 231 g/mol. The van der Waals surface area contributed by atoms with Crippen molar-refractivity contribution in [1.82, 2.24) is 9.97 Å². The fourth-order valence-electron chi connectivity index (χ4n) is 1.33. The second-order valence-electron chi connectivity index (χ2n) is 3.07. The minimum Gasteiger partial charge on any atom is -0.312 e. The lowest BCUT2D eigenvalue weighted by Gasteiger charge is -2.01. The van der Waals surface area contributed by atoms with Gasteiger partial charge >= 0.3 is 0 Å². The summed E-state index contributed by atoms with van der Waals surface area (Å²) in [6.45, 7) is 0. The highest BCUT2D eigenvalue weighted by Crippen LogP contribution is 2.20. The molecule has 0 spiro atoms. The first kappa shape index (κ1) is 10.4. The number of benzene rings is 1. The van der Waals surface area contributed by atoms with E-state index in [1.807, 2.05) is 6.07 Å². The Morgan fingerprint density at radius 2 is 2.00 bits per heavy atom. The van der Waals surface area contributed by atoms with Crippen LogP contribution in [-0.2, 0) is 0 Å². The molecule has 1 aromatic carbocycles. The summed E-state index contributed by atoms with van der Waals surface area (Å²) in [4.78, 5) is 17.7. The van der Waals surface area contributed by atoms with Crippen molar-refractivity contribution in [2.45, 2.75) is 0 Å². The van der Waals surface area contributed by atoms with Crippen molar-refractivity contribution >= 4 is 11.6 Å². The van der Waals surface area contributed by atoms with E-state index >= 15 is 0 Å². The van der Waals surface area contributed by atoms with E-state index < -0.39 is 5.56 Å². The van der Waals surface area contributed by atoms with Crippen LogP contribution in [0.5, 0.6) is 0 Å². The summed E-state index contributed by atoms with van der Waals surface area (Å²) in [5.74, 6) is 0. The van der Waals surface area contributed by atoms with E-state index in [9.17, 15) is 4.79 Å². The number of nitriles is 1. The Morgan fingerprint density at radius 1 is 1.31 bits per heavy atom. The molecule has 5 heteroatoms. The predicted octanol–water partition coefficient (Wildman–Crippen LogP) is 1.96. The van der Waals surface area contributed by atoms with E-state index in [1.54, 1.807) is 24.3 Å². The SMILES string of the molecule is N#Cc1c(-c2ccc(Cl)cc2)nc[nH]c1=O. The summed E-state index contributed by atoms with van der Waals surface area (Å²) in [5, 5.41) is 9.47. The van der Waals surface area contributed by atoms with Gasteiger partial charge in [0.2, 0.25) is 0 Å². The number of aromatic amines is 1. The Hall–Kier alpha value is -2.12. The van der Waals surface area contributed by atoms with Gasteiger partial charge in [-0.25, -0.2) is 4.98 Å². The molecule has 4 nitrogen and oxygen atoms in total. The Bertz CT molecular complexity index is 610.